The largest absolute Gasteiger partial charge is 0.420 e. The molecular formula is C12H13ClN2O3. The molecule has 1 aromatic heterocycles. The highest BCUT2D eigenvalue weighted by molar-refractivity contribution is 6.31. The summed E-state index contributed by atoms with van der Waals surface area (Å²) < 4.78 is 6.31. The number of hydrogen-bond acceptors (Lipinski definition) is 3. The number of nitrogens with one attached hydrogen (secondary N) is 1. The number of rotatable bonds is 3. The summed E-state index contributed by atoms with van der Waals surface area (Å²) in [5, 5.41) is 3.20. The first kappa shape index (κ1) is 12.7. The summed E-state index contributed by atoms with van der Waals surface area (Å²) in [5.41, 5.74) is 0.938. The van der Waals surface area contributed by atoms with Crippen LogP contribution in [0.5, 0.6) is 0 Å². The number of amides is 1. The Labute approximate surface area is 108 Å². The summed E-state index contributed by atoms with van der Waals surface area (Å²) in [6, 6.07) is 4.89. The van der Waals surface area contributed by atoms with Crippen LogP contribution in [0.2, 0.25) is 5.02 Å². The molecule has 0 spiro atoms. The van der Waals surface area contributed by atoms with Gasteiger partial charge >= 0.3 is 5.76 Å². The molecule has 5 nitrogen and oxygen atoms in total. The zero-order valence-electron chi connectivity index (χ0n) is 10.1. The molecule has 0 unspecified atom stereocenters. The number of carbonyl (C=O) groups excluding carboxylic acids is 1. The minimum Gasteiger partial charge on any atom is -0.408 e. The first-order valence-electron chi connectivity index (χ1n) is 5.55. The van der Waals surface area contributed by atoms with Crippen molar-refractivity contribution in [2.75, 3.05) is 0 Å². The molecule has 0 saturated carbocycles. The lowest BCUT2D eigenvalue weighted by molar-refractivity contribution is -0.122. The number of benzene rings is 1. The van der Waals surface area contributed by atoms with E-state index in [4.69, 9.17) is 16.0 Å². The fourth-order valence-corrected chi connectivity index (χ4v) is 1.86. The van der Waals surface area contributed by atoms with Crippen LogP contribution in [0.4, 0.5) is 0 Å². The van der Waals surface area contributed by atoms with Crippen molar-refractivity contribution in [3.8, 4) is 0 Å². The van der Waals surface area contributed by atoms with Crippen molar-refractivity contribution in [2.24, 2.45) is 0 Å². The minimum absolute atomic E-state index is 0.0285. The van der Waals surface area contributed by atoms with Crippen molar-refractivity contribution >= 4 is 28.6 Å². The van der Waals surface area contributed by atoms with E-state index in [1.165, 1.54) is 4.57 Å². The van der Waals surface area contributed by atoms with Gasteiger partial charge in [-0.15, -0.1) is 0 Å². The van der Waals surface area contributed by atoms with Crippen LogP contribution in [0.1, 0.15) is 13.8 Å². The van der Waals surface area contributed by atoms with Gasteiger partial charge in [-0.25, -0.2) is 4.79 Å². The van der Waals surface area contributed by atoms with Gasteiger partial charge < -0.3 is 9.73 Å². The summed E-state index contributed by atoms with van der Waals surface area (Å²) in [6.45, 7) is 3.65. The van der Waals surface area contributed by atoms with E-state index < -0.39 is 5.76 Å². The quantitative estimate of drug-likeness (QED) is 0.923. The lowest BCUT2D eigenvalue weighted by atomic mass is 10.3. The molecule has 0 saturated heterocycles. The highest BCUT2D eigenvalue weighted by Gasteiger charge is 2.13. The third-order valence-electron chi connectivity index (χ3n) is 2.38. The van der Waals surface area contributed by atoms with E-state index >= 15 is 0 Å². The average Bonchev–Trinajstić information content (AvgIpc) is 2.53. The second kappa shape index (κ2) is 4.86. The zero-order chi connectivity index (χ0) is 13.3. The van der Waals surface area contributed by atoms with Gasteiger partial charge in [-0.2, -0.15) is 0 Å². The molecule has 96 valence electrons. The van der Waals surface area contributed by atoms with Crippen molar-refractivity contribution in [1.82, 2.24) is 9.88 Å². The SMILES string of the molecule is CC(C)NC(=O)Cn1c(=O)oc2cc(Cl)ccc21. The molecule has 1 aromatic carbocycles. The van der Waals surface area contributed by atoms with Crippen LogP contribution in [-0.4, -0.2) is 16.5 Å². The molecule has 1 N–H and O–H groups in total. The van der Waals surface area contributed by atoms with E-state index in [2.05, 4.69) is 5.32 Å². The van der Waals surface area contributed by atoms with Gasteiger partial charge in [-0.1, -0.05) is 11.6 Å². The second-order valence-corrected chi connectivity index (χ2v) is 4.72. The van der Waals surface area contributed by atoms with Gasteiger partial charge in [-0.05, 0) is 26.0 Å². The van der Waals surface area contributed by atoms with Crippen LogP contribution in [-0.2, 0) is 11.3 Å². The van der Waals surface area contributed by atoms with E-state index in [1.807, 2.05) is 13.8 Å². The third-order valence-corrected chi connectivity index (χ3v) is 2.62. The molecule has 2 aromatic rings. The zero-order valence-corrected chi connectivity index (χ0v) is 10.8. The normalized spacial score (nSPS) is 11.1. The second-order valence-electron chi connectivity index (χ2n) is 4.29. The number of aromatic nitrogens is 1. The maximum Gasteiger partial charge on any atom is 0.420 e. The molecule has 2 rings (SSSR count). The van der Waals surface area contributed by atoms with Crippen LogP contribution in [0, 0.1) is 0 Å². The summed E-state index contributed by atoms with van der Waals surface area (Å²) in [5.74, 6) is -0.795. The van der Waals surface area contributed by atoms with Gasteiger partial charge in [0.05, 0.1) is 5.52 Å². The lowest BCUT2D eigenvalue weighted by Gasteiger charge is -2.08. The molecule has 6 heteroatoms. The fourth-order valence-electron chi connectivity index (χ4n) is 1.70. The number of carbonyl (C=O) groups is 1. The Balaban J connectivity index is 2.36. The summed E-state index contributed by atoms with van der Waals surface area (Å²) in [6.07, 6.45) is 0. The fraction of sp³-hybridized carbons (Fsp3) is 0.333. The van der Waals surface area contributed by atoms with Crippen molar-refractivity contribution in [2.45, 2.75) is 26.4 Å². The van der Waals surface area contributed by atoms with Crippen LogP contribution in [0.25, 0.3) is 11.1 Å². The number of nitrogens with zero attached hydrogens (tertiary/aromatic N) is 1. The molecule has 0 bridgehead atoms. The molecule has 1 heterocycles. The van der Waals surface area contributed by atoms with Crippen LogP contribution in [0.15, 0.2) is 27.4 Å². The Hall–Kier alpha value is -1.75. The Morgan fingerprint density at radius 1 is 1.50 bits per heavy atom. The minimum atomic E-state index is -0.564. The first-order valence-corrected chi connectivity index (χ1v) is 5.93. The molecule has 0 atom stereocenters. The van der Waals surface area contributed by atoms with Crippen LogP contribution < -0.4 is 11.1 Å². The Morgan fingerprint density at radius 3 is 2.89 bits per heavy atom. The Bertz CT molecular complexity index is 642. The highest BCUT2D eigenvalue weighted by Crippen LogP contribution is 2.18. The molecule has 0 radical (unpaired) electrons. The van der Waals surface area contributed by atoms with E-state index in [0.717, 1.165) is 0 Å². The van der Waals surface area contributed by atoms with Crippen molar-refractivity contribution in [3.63, 3.8) is 0 Å². The van der Waals surface area contributed by atoms with Gasteiger partial charge in [0.25, 0.3) is 0 Å². The van der Waals surface area contributed by atoms with Gasteiger partial charge in [0.2, 0.25) is 5.91 Å². The lowest BCUT2D eigenvalue weighted by Crippen LogP contribution is -2.35. The van der Waals surface area contributed by atoms with Gasteiger partial charge in [-0.3, -0.25) is 9.36 Å². The summed E-state index contributed by atoms with van der Waals surface area (Å²) in [4.78, 5) is 23.3. The monoisotopic (exact) mass is 268 g/mol. The van der Waals surface area contributed by atoms with Crippen molar-refractivity contribution in [1.29, 1.82) is 0 Å². The van der Waals surface area contributed by atoms with E-state index in [9.17, 15) is 9.59 Å². The van der Waals surface area contributed by atoms with Crippen molar-refractivity contribution < 1.29 is 9.21 Å². The Kier molecular flexibility index (Phi) is 3.43. The molecule has 0 fully saturated rings. The summed E-state index contributed by atoms with van der Waals surface area (Å²) in [7, 11) is 0. The maximum atomic E-state index is 11.6. The van der Waals surface area contributed by atoms with Gasteiger partial charge in [0.1, 0.15) is 6.54 Å². The maximum absolute atomic E-state index is 11.6. The van der Waals surface area contributed by atoms with E-state index in [0.29, 0.717) is 16.1 Å². The average molecular weight is 269 g/mol. The van der Waals surface area contributed by atoms with Crippen molar-refractivity contribution in [3.05, 3.63) is 33.8 Å². The first-order chi connectivity index (χ1) is 8.47. The number of hydrogen-bond donors (Lipinski definition) is 1. The summed E-state index contributed by atoms with van der Waals surface area (Å²) >= 11 is 5.80. The van der Waals surface area contributed by atoms with E-state index in [1.54, 1.807) is 18.2 Å². The van der Waals surface area contributed by atoms with Gasteiger partial charge in [0, 0.05) is 17.1 Å². The standard InChI is InChI=1S/C12H13ClN2O3/c1-7(2)14-11(16)6-15-9-4-3-8(13)5-10(9)18-12(15)17/h3-5,7H,6H2,1-2H3,(H,14,16). The molecule has 0 aliphatic carbocycles. The highest BCUT2D eigenvalue weighted by atomic mass is 35.5. The Morgan fingerprint density at radius 2 is 2.22 bits per heavy atom. The molecule has 0 aliphatic rings. The molecule has 1 amide bonds. The predicted molar refractivity (Wildman–Crippen MR) is 68.8 cm³/mol. The van der Waals surface area contributed by atoms with Crippen LogP contribution >= 0.6 is 11.6 Å². The predicted octanol–water partition coefficient (Wildman–Crippen LogP) is 1.77. The number of halogens is 1. The molecule has 0 aliphatic heterocycles. The smallest absolute Gasteiger partial charge is 0.408 e. The van der Waals surface area contributed by atoms with Crippen LogP contribution in [0.3, 0.4) is 0 Å². The number of oxazole rings is 1. The van der Waals surface area contributed by atoms with E-state index in [-0.39, 0.29) is 18.5 Å². The molecular weight excluding hydrogens is 256 g/mol. The third kappa shape index (κ3) is 2.56. The van der Waals surface area contributed by atoms with Gasteiger partial charge in [0.15, 0.2) is 5.58 Å². The topological polar surface area (TPSA) is 64.2 Å². The molecule has 18 heavy (non-hydrogen) atoms. The number of fused-ring (bicyclic) bond motifs is 1.